The van der Waals surface area contributed by atoms with Crippen molar-refractivity contribution in [3.05, 3.63) is 11.1 Å². The number of methoxy groups -OCH3 is 2. The monoisotopic (exact) mass is 296 g/mol. The molecule has 114 valence electrons. The summed E-state index contributed by atoms with van der Waals surface area (Å²) in [5, 5.41) is 0. The minimum atomic E-state index is -0.942. The first-order chi connectivity index (χ1) is 9.84. The maximum absolute atomic E-state index is 11.9. The van der Waals surface area contributed by atoms with Gasteiger partial charge in [-0.15, -0.1) is 0 Å². The summed E-state index contributed by atoms with van der Waals surface area (Å²) < 4.78 is 14.9. The first kappa shape index (κ1) is 15.4. The number of Topliss-reactive ketones (excluding diaryl/α,β-unsaturated/α-hetero) is 2. The molecule has 2 bridgehead atoms. The maximum Gasteiger partial charge on any atom is 0.337 e. The second-order valence-electron chi connectivity index (χ2n) is 5.06. The Morgan fingerprint density at radius 1 is 0.810 bits per heavy atom. The molecule has 0 radical (unpaired) electrons. The lowest BCUT2D eigenvalue weighted by atomic mass is 9.72. The highest BCUT2D eigenvalue weighted by molar-refractivity contribution is 6.06. The minimum absolute atomic E-state index is 0.0212. The van der Waals surface area contributed by atoms with Crippen LogP contribution in [0.1, 0.15) is 13.8 Å². The van der Waals surface area contributed by atoms with Crippen LogP contribution in [0.2, 0.25) is 0 Å². The lowest BCUT2D eigenvalue weighted by molar-refractivity contribution is -0.140. The molecule has 2 rings (SSSR count). The van der Waals surface area contributed by atoms with Gasteiger partial charge in [-0.1, -0.05) is 0 Å². The Kier molecular flexibility index (Phi) is 3.95. The number of carbonyl (C=O) groups is 4. The van der Waals surface area contributed by atoms with E-state index in [9.17, 15) is 19.2 Å². The largest absolute Gasteiger partial charge is 0.466 e. The van der Waals surface area contributed by atoms with E-state index >= 15 is 0 Å². The molecule has 0 aliphatic carbocycles. The molecule has 21 heavy (non-hydrogen) atoms. The second kappa shape index (κ2) is 5.40. The van der Waals surface area contributed by atoms with Crippen molar-refractivity contribution in [2.24, 2.45) is 11.8 Å². The third-order valence-corrected chi connectivity index (χ3v) is 3.94. The number of ketones is 2. The molecule has 0 N–H and O–H groups in total. The molecule has 2 aliphatic heterocycles. The number of fused-ring (bicyclic) bond motifs is 2. The Bertz CT molecular complexity index is 512. The fraction of sp³-hybridized carbons (Fsp3) is 0.571. The number of esters is 2. The molecule has 0 amide bonds. The molecular formula is C14H16O7. The van der Waals surface area contributed by atoms with Crippen LogP contribution in [0, 0.1) is 11.8 Å². The van der Waals surface area contributed by atoms with Crippen LogP contribution in [0.5, 0.6) is 0 Å². The number of ether oxygens (including phenoxy) is 3. The molecular weight excluding hydrogens is 280 g/mol. The number of rotatable bonds is 4. The van der Waals surface area contributed by atoms with Crippen molar-refractivity contribution in [3.63, 3.8) is 0 Å². The molecule has 7 heteroatoms. The van der Waals surface area contributed by atoms with Gasteiger partial charge in [-0.2, -0.15) is 0 Å². The molecule has 2 aliphatic rings. The molecule has 0 saturated carbocycles. The summed E-state index contributed by atoms with van der Waals surface area (Å²) >= 11 is 0. The molecule has 7 nitrogen and oxygen atoms in total. The van der Waals surface area contributed by atoms with Gasteiger partial charge in [0.2, 0.25) is 0 Å². The van der Waals surface area contributed by atoms with Crippen LogP contribution in [0.3, 0.4) is 0 Å². The molecule has 0 aromatic rings. The van der Waals surface area contributed by atoms with Gasteiger partial charge in [-0.3, -0.25) is 9.59 Å². The van der Waals surface area contributed by atoms with Gasteiger partial charge in [-0.05, 0) is 13.8 Å². The van der Waals surface area contributed by atoms with Crippen molar-refractivity contribution >= 4 is 23.5 Å². The van der Waals surface area contributed by atoms with Gasteiger partial charge >= 0.3 is 11.9 Å². The van der Waals surface area contributed by atoms with E-state index < -0.39 is 36.0 Å². The zero-order chi connectivity index (χ0) is 15.9. The lowest BCUT2D eigenvalue weighted by Crippen LogP contribution is -2.41. The summed E-state index contributed by atoms with van der Waals surface area (Å²) in [7, 11) is 2.34. The third-order valence-electron chi connectivity index (χ3n) is 3.94. The van der Waals surface area contributed by atoms with E-state index in [-0.39, 0.29) is 22.7 Å². The molecule has 0 spiro atoms. The van der Waals surface area contributed by atoms with Crippen LogP contribution in [-0.4, -0.2) is 49.9 Å². The number of hydrogen-bond acceptors (Lipinski definition) is 7. The number of carbonyl (C=O) groups excluding carboxylic acids is 4. The SMILES string of the molecule is COC(=O)C1=C(C(=O)OC)C2OC1C(C(C)=O)C2C(C)=O. The zero-order valence-electron chi connectivity index (χ0n) is 12.2. The van der Waals surface area contributed by atoms with Gasteiger partial charge < -0.3 is 14.2 Å². The molecule has 1 fully saturated rings. The first-order valence-corrected chi connectivity index (χ1v) is 6.42. The molecule has 1 saturated heterocycles. The topological polar surface area (TPSA) is 96.0 Å². The van der Waals surface area contributed by atoms with E-state index in [2.05, 4.69) is 9.47 Å². The molecule has 4 atom stereocenters. The highest BCUT2D eigenvalue weighted by atomic mass is 16.5. The van der Waals surface area contributed by atoms with Gasteiger partial charge in [0.25, 0.3) is 0 Å². The van der Waals surface area contributed by atoms with Gasteiger partial charge in [-0.25, -0.2) is 9.59 Å². The minimum Gasteiger partial charge on any atom is -0.466 e. The Morgan fingerprint density at radius 3 is 1.38 bits per heavy atom. The summed E-state index contributed by atoms with van der Waals surface area (Å²) in [6, 6.07) is 0. The van der Waals surface area contributed by atoms with E-state index in [1.807, 2.05) is 0 Å². The van der Waals surface area contributed by atoms with Crippen molar-refractivity contribution in [1.82, 2.24) is 0 Å². The average molecular weight is 296 g/mol. The number of hydrogen-bond donors (Lipinski definition) is 0. The quantitative estimate of drug-likeness (QED) is 0.664. The van der Waals surface area contributed by atoms with Crippen molar-refractivity contribution in [1.29, 1.82) is 0 Å². The summed E-state index contributed by atoms with van der Waals surface area (Å²) in [4.78, 5) is 47.5. The van der Waals surface area contributed by atoms with Crippen molar-refractivity contribution in [2.45, 2.75) is 26.1 Å². The molecule has 2 heterocycles. The van der Waals surface area contributed by atoms with Crippen molar-refractivity contribution in [3.8, 4) is 0 Å². The standard InChI is InChI=1S/C14H16O7/c1-5(15)7-8(6(2)16)12-10(14(18)20-4)9(11(7)21-12)13(17)19-3/h7-8,11-12H,1-4H3. The summed E-state index contributed by atoms with van der Waals surface area (Å²) in [5.74, 6) is -3.61. The predicted molar refractivity (Wildman–Crippen MR) is 68.1 cm³/mol. The Hall–Kier alpha value is -2.02. The fourth-order valence-corrected chi connectivity index (χ4v) is 3.11. The van der Waals surface area contributed by atoms with Crippen LogP contribution < -0.4 is 0 Å². The van der Waals surface area contributed by atoms with Gasteiger partial charge in [0.15, 0.2) is 0 Å². The van der Waals surface area contributed by atoms with Gasteiger partial charge in [0, 0.05) is 0 Å². The Morgan fingerprint density at radius 2 is 1.14 bits per heavy atom. The van der Waals surface area contributed by atoms with Crippen LogP contribution in [0.15, 0.2) is 11.1 Å². The summed E-state index contributed by atoms with van der Waals surface area (Å²) in [6.07, 6.45) is -1.88. The highest BCUT2D eigenvalue weighted by Gasteiger charge is 2.60. The Balaban J connectivity index is 2.58. The van der Waals surface area contributed by atoms with Crippen molar-refractivity contribution in [2.75, 3.05) is 14.2 Å². The van der Waals surface area contributed by atoms with Crippen molar-refractivity contribution < 1.29 is 33.4 Å². The fourth-order valence-electron chi connectivity index (χ4n) is 3.11. The summed E-state index contributed by atoms with van der Waals surface area (Å²) in [6.45, 7) is 2.66. The van der Waals surface area contributed by atoms with Crippen LogP contribution >= 0.6 is 0 Å². The first-order valence-electron chi connectivity index (χ1n) is 6.42. The maximum atomic E-state index is 11.9. The van der Waals surface area contributed by atoms with Crippen LogP contribution in [-0.2, 0) is 33.4 Å². The summed E-state index contributed by atoms with van der Waals surface area (Å²) in [5.41, 5.74) is -0.0425. The normalized spacial score (nSPS) is 30.3. The van der Waals surface area contributed by atoms with Crippen LogP contribution in [0.4, 0.5) is 0 Å². The predicted octanol–water partition coefficient (Wildman–Crippen LogP) is -0.180. The van der Waals surface area contributed by atoms with E-state index in [1.165, 1.54) is 28.1 Å². The molecule has 4 unspecified atom stereocenters. The van der Waals surface area contributed by atoms with Gasteiger partial charge in [0.1, 0.15) is 23.8 Å². The van der Waals surface area contributed by atoms with E-state index in [0.29, 0.717) is 0 Å². The van der Waals surface area contributed by atoms with E-state index in [1.54, 1.807) is 0 Å². The average Bonchev–Trinajstić information content (AvgIpc) is 3.00. The smallest absolute Gasteiger partial charge is 0.337 e. The highest BCUT2D eigenvalue weighted by Crippen LogP contribution is 2.48. The molecule has 0 aromatic carbocycles. The van der Waals surface area contributed by atoms with E-state index in [0.717, 1.165) is 0 Å². The second-order valence-corrected chi connectivity index (χ2v) is 5.06. The zero-order valence-corrected chi connectivity index (χ0v) is 12.2. The van der Waals surface area contributed by atoms with Crippen LogP contribution in [0.25, 0.3) is 0 Å². The van der Waals surface area contributed by atoms with E-state index in [4.69, 9.17) is 4.74 Å². The third kappa shape index (κ3) is 2.17. The van der Waals surface area contributed by atoms with Gasteiger partial charge in [0.05, 0.1) is 37.2 Å². The Labute approximate surface area is 121 Å². The molecule has 0 aromatic heterocycles. The lowest BCUT2D eigenvalue weighted by Gasteiger charge is -2.26.